The fourth-order valence-corrected chi connectivity index (χ4v) is 2.17. The summed E-state index contributed by atoms with van der Waals surface area (Å²) >= 11 is 5.89. The fourth-order valence-electron chi connectivity index (χ4n) is 2.00. The molecule has 17 heavy (non-hydrogen) atoms. The number of nitrogens with zero attached hydrogens (tertiary/aromatic N) is 1. The lowest BCUT2D eigenvalue weighted by molar-refractivity contribution is 0.266. The average molecular weight is 255 g/mol. The number of allylic oxidation sites excluding steroid dienone is 1. The zero-order valence-electron chi connectivity index (χ0n) is 9.99. The van der Waals surface area contributed by atoms with Crippen molar-refractivity contribution in [1.29, 1.82) is 0 Å². The van der Waals surface area contributed by atoms with Crippen molar-refractivity contribution in [2.24, 2.45) is 0 Å². The van der Waals surface area contributed by atoms with Crippen LogP contribution >= 0.6 is 11.6 Å². The van der Waals surface area contributed by atoms with Crippen molar-refractivity contribution in [3.63, 3.8) is 0 Å². The lowest BCUT2D eigenvalue weighted by Gasteiger charge is -2.21. The number of hydrogen-bond acceptors (Lipinski definition) is 4. The molecule has 0 aromatic heterocycles. The van der Waals surface area contributed by atoms with Gasteiger partial charge in [0.2, 0.25) is 0 Å². The smallest absolute Gasteiger partial charge is 0.135 e. The van der Waals surface area contributed by atoms with Gasteiger partial charge in [0.1, 0.15) is 11.5 Å². The molecule has 1 atom stereocenters. The number of phenols is 1. The third-order valence-electron chi connectivity index (χ3n) is 2.82. The minimum atomic E-state index is 0.0799. The molecule has 0 saturated heterocycles. The molecule has 92 valence electrons. The zero-order chi connectivity index (χ0) is 12.6. The van der Waals surface area contributed by atoms with Gasteiger partial charge in [0.25, 0.3) is 0 Å². The van der Waals surface area contributed by atoms with Crippen LogP contribution in [0.5, 0.6) is 5.75 Å². The number of hydrogen-bond donors (Lipinski definition) is 2. The van der Waals surface area contributed by atoms with E-state index in [2.05, 4.69) is 5.43 Å². The molecule has 1 aromatic carbocycles. The molecule has 1 heterocycles. The number of hydrazine groups is 1. The predicted octanol–water partition coefficient (Wildman–Crippen LogP) is 2.64. The van der Waals surface area contributed by atoms with E-state index >= 15 is 0 Å². The van der Waals surface area contributed by atoms with E-state index in [-0.39, 0.29) is 11.8 Å². The Kier molecular flexibility index (Phi) is 3.17. The van der Waals surface area contributed by atoms with Gasteiger partial charge in [0.15, 0.2) is 0 Å². The second-order valence-electron chi connectivity index (χ2n) is 3.98. The second-order valence-corrected chi connectivity index (χ2v) is 4.38. The lowest BCUT2D eigenvalue weighted by atomic mass is 10.2. The summed E-state index contributed by atoms with van der Waals surface area (Å²) in [5.74, 6) is 0.977. The van der Waals surface area contributed by atoms with E-state index in [0.717, 1.165) is 17.1 Å². The van der Waals surface area contributed by atoms with Crippen LogP contribution < -0.4 is 10.4 Å². The van der Waals surface area contributed by atoms with Gasteiger partial charge in [-0.3, -0.25) is 5.01 Å². The van der Waals surface area contributed by atoms with Gasteiger partial charge in [0, 0.05) is 0 Å². The summed E-state index contributed by atoms with van der Waals surface area (Å²) in [6.45, 7) is 3.99. The quantitative estimate of drug-likeness (QED) is 0.852. The van der Waals surface area contributed by atoms with E-state index in [1.54, 1.807) is 25.3 Å². The molecule has 4 nitrogen and oxygen atoms in total. The van der Waals surface area contributed by atoms with Crippen LogP contribution in [-0.4, -0.2) is 18.3 Å². The van der Waals surface area contributed by atoms with Gasteiger partial charge < -0.3 is 9.84 Å². The topological polar surface area (TPSA) is 44.7 Å². The molecule has 0 aliphatic carbocycles. The van der Waals surface area contributed by atoms with Gasteiger partial charge in [-0.25, -0.2) is 5.43 Å². The van der Waals surface area contributed by atoms with Crippen LogP contribution in [0.1, 0.15) is 13.8 Å². The number of methoxy groups -OCH3 is 1. The van der Waals surface area contributed by atoms with Crippen LogP contribution in [-0.2, 0) is 4.74 Å². The van der Waals surface area contributed by atoms with Crippen LogP contribution in [0.3, 0.4) is 0 Å². The molecule has 1 aliphatic rings. The third-order valence-corrected chi connectivity index (χ3v) is 3.12. The van der Waals surface area contributed by atoms with Crippen molar-refractivity contribution >= 4 is 17.3 Å². The average Bonchev–Trinajstić information content (AvgIpc) is 2.58. The van der Waals surface area contributed by atoms with Crippen LogP contribution in [0.2, 0.25) is 5.02 Å². The summed E-state index contributed by atoms with van der Waals surface area (Å²) in [5, 5.41) is 11.6. The SMILES string of the molecule is COC1=C(C)N(c2ccc(O)c(Cl)c2)NC1C. The molecular weight excluding hydrogens is 240 g/mol. The molecule has 5 heteroatoms. The zero-order valence-corrected chi connectivity index (χ0v) is 10.7. The minimum Gasteiger partial charge on any atom is -0.506 e. The van der Waals surface area contributed by atoms with Gasteiger partial charge in [-0.2, -0.15) is 0 Å². The van der Waals surface area contributed by atoms with Gasteiger partial charge in [-0.1, -0.05) is 11.6 Å². The lowest BCUT2D eigenvalue weighted by Crippen LogP contribution is -2.35. The molecule has 2 N–H and O–H groups in total. The van der Waals surface area contributed by atoms with Crippen molar-refractivity contribution in [3.05, 3.63) is 34.7 Å². The van der Waals surface area contributed by atoms with Crippen LogP contribution in [0, 0.1) is 0 Å². The molecule has 0 fully saturated rings. The highest BCUT2D eigenvalue weighted by molar-refractivity contribution is 6.32. The van der Waals surface area contributed by atoms with E-state index < -0.39 is 0 Å². The number of nitrogens with one attached hydrogen (secondary N) is 1. The first kappa shape index (κ1) is 12.1. The van der Waals surface area contributed by atoms with E-state index in [9.17, 15) is 5.11 Å². The normalized spacial score (nSPS) is 20.0. The maximum Gasteiger partial charge on any atom is 0.135 e. The molecule has 0 amide bonds. The number of ether oxygens (including phenoxy) is 1. The number of phenolic OH excluding ortho intramolecular Hbond substituents is 1. The summed E-state index contributed by atoms with van der Waals surface area (Å²) in [7, 11) is 1.66. The Morgan fingerprint density at radius 2 is 2.18 bits per heavy atom. The molecule has 1 aromatic rings. The summed E-state index contributed by atoms with van der Waals surface area (Å²) in [6.07, 6.45) is 0. The first-order valence-electron chi connectivity index (χ1n) is 5.34. The van der Waals surface area contributed by atoms with E-state index in [1.165, 1.54) is 0 Å². The Balaban J connectivity index is 2.36. The fraction of sp³-hybridized carbons (Fsp3) is 0.333. The maximum atomic E-state index is 9.39. The van der Waals surface area contributed by atoms with E-state index in [4.69, 9.17) is 16.3 Å². The van der Waals surface area contributed by atoms with Crippen LogP contribution in [0.4, 0.5) is 5.69 Å². The number of aromatic hydroxyl groups is 1. The summed E-state index contributed by atoms with van der Waals surface area (Å²) in [6, 6.07) is 5.19. The molecule has 1 aliphatic heterocycles. The molecule has 2 rings (SSSR count). The highest BCUT2D eigenvalue weighted by Gasteiger charge is 2.27. The Morgan fingerprint density at radius 3 is 2.71 bits per heavy atom. The first-order chi connectivity index (χ1) is 8.04. The first-order valence-corrected chi connectivity index (χ1v) is 5.72. The number of anilines is 1. The number of benzene rings is 1. The third kappa shape index (κ3) is 2.06. The largest absolute Gasteiger partial charge is 0.506 e. The second kappa shape index (κ2) is 4.47. The maximum absolute atomic E-state index is 9.39. The Hall–Kier alpha value is -1.39. The standard InChI is InChI=1S/C12H15ClN2O2/c1-7-12(17-3)8(2)15(14-7)9-4-5-11(16)10(13)6-9/h4-7,14,16H,1-3H3. The van der Waals surface area contributed by atoms with E-state index in [0.29, 0.717) is 5.02 Å². The molecule has 1 unspecified atom stereocenters. The van der Waals surface area contributed by atoms with Crippen LogP contribution in [0.25, 0.3) is 0 Å². The van der Waals surface area contributed by atoms with E-state index in [1.807, 2.05) is 18.9 Å². The molecule has 0 bridgehead atoms. The highest BCUT2D eigenvalue weighted by atomic mass is 35.5. The van der Waals surface area contributed by atoms with Gasteiger partial charge in [-0.15, -0.1) is 0 Å². The molecule has 0 saturated carbocycles. The van der Waals surface area contributed by atoms with Crippen molar-refractivity contribution in [3.8, 4) is 5.75 Å². The number of rotatable bonds is 2. The molecule has 0 spiro atoms. The van der Waals surface area contributed by atoms with Crippen molar-refractivity contribution < 1.29 is 9.84 Å². The number of halogens is 1. The van der Waals surface area contributed by atoms with Crippen molar-refractivity contribution in [2.45, 2.75) is 19.9 Å². The van der Waals surface area contributed by atoms with Crippen molar-refractivity contribution in [1.82, 2.24) is 5.43 Å². The van der Waals surface area contributed by atoms with Crippen LogP contribution in [0.15, 0.2) is 29.7 Å². The Morgan fingerprint density at radius 1 is 1.47 bits per heavy atom. The summed E-state index contributed by atoms with van der Waals surface area (Å²) in [4.78, 5) is 0. The Bertz CT molecular complexity index is 474. The summed E-state index contributed by atoms with van der Waals surface area (Å²) in [5.41, 5.74) is 5.11. The predicted molar refractivity (Wildman–Crippen MR) is 67.9 cm³/mol. The van der Waals surface area contributed by atoms with Gasteiger partial charge in [0.05, 0.1) is 29.6 Å². The van der Waals surface area contributed by atoms with Crippen molar-refractivity contribution in [2.75, 3.05) is 12.1 Å². The Labute approximate surface area is 105 Å². The summed E-state index contributed by atoms with van der Waals surface area (Å²) < 4.78 is 5.33. The molecule has 0 radical (unpaired) electrons. The monoisotopic (exact) mass is 254 g/mol. The molecular formula is C12H15ClN2O2. The van der Waals surface area contributed by atoms with Gasteiger partial charge in [-0.05, 0) is 32.0 Å². The minimum absolute atomic E-state index is 0.0799. The highest BCUT2D eigenvalue weighted by Crippen LogP contribution is 2.32. The van der Waals surface area contributed by atoms with Gasteiger partial charge >= 0.3 is 0 Å².